The van der Waals surface area contributed by atoms with Gasteiger partial charge in [-0.3, -0.25) is 4.99 Å². The highest BCUT2D eigenvalue weighted by Gasteiger charge is 2.24. The largest absolute Gasteiger partial charge is 0.354 e. The third-order valence-corrected chi connectivity index (χ3v) is 5.48. The Morgan fingerprint density at radius 1 is 1.36 bits per heavy atom. The van der Waals surface area contributed by atoms with Gasteiger partial charge in [-0.15, -0.1) is 35.7 Å². The lowest BCUT2D eigenvalue weighted by Gasteiger charge is -2.21. The molecule has 5 nitrogen and oxygen atoms in total. The second-order valence-electron chi connectivity index (χ2n) is 6.00. The zero-order valence-corrected chi connectivity index (χ0v) is 17.7. The van der Waals surface area contributed by atoms with Crippen LogP contribution in [-0.2, 0) is 6.54 Å². The number of hydrogen-bond acceptors (Lipinski definition) is 3. The van der Waals surface area contributed by atoms with Crippen molar-refractivity contribution in [2.24, 2.45) is 10.9 Å². The van der Waals surface area contributed by atoms with Gasteiger partial charge in [0.25, 0.3) is 0 Å². The summed E-state index contributed by atoms with van der Waals surface area (Å²) < 4.78 is 2.07. The van der Waals surface area contributed by atoms with Crippen molar-refractivity contribution in [3.8, 4) is 0 Å². The summed E-state index contributed by atoms with van der Waals surface area (Å²) in [5, 5.41) is 3.46. The maximum absolute atomic E-state index is 4.44. The maximum Gasteiger partial charge on any atom is 0.193 e. The van der Waals surface area contributed by atoms with E-state index in [1.165, 1.54) is 17.1 Å². The number of guanidine groups is 1. The smallest absolute Gasteiger partial charge is 0.193 e. The predicted molar refractivity (Wildman–Crippen MR) is 116 cm³/mol. The number of nitrogens with zero attached hydrogens (tertiary/aromatic N) is 4. The molecular formula is C18H26IN5S. The van der Waals surface area contributed by atoms with Crippen LogP contribution in [-0.4, -0.2) is 52.8 Å². The number of benzene rings is 1. The van der Waals surface area contributed by atoms with E-state index in [4.69, 9.17) is 0 Å². The standard InChI is InChI=1S/C18H25N5S.HI/c1-19-18(21-9-12-22-11-8-20-15-22)23-10-7-16(13-23)14-24-17-5-3-2-4-6-17;/h2-6,8,11,15-16H,7,9-10,12-14H2,1H3,(H,19,21);1H. The molecule has 1 aliphatic rings. The van der Waals surface area contributed by atoms with Crippen LogP contribution in [0.3, 0.4) is 0 Å². The highest BCUT2D eigenvalue weighted by molar-refractivity contribution is 14.0. The van der Waals surface area contributed by atoms with E-state index in [-0.39, 0.29) is 24.0 Å². The molecule has 0 saturated carbocycles. The van der Waals surface area contributed by atoms with Crippen LogP contribution in [0, 0.1) is 5.92 Å². The SMILES string of the molecule is CN=C(NCCn1ccnc1)N1CCC(CSc2ccccc2)C1.I. The number of imidazole rings is 1. The highest BCUT2D eigenvalue weighted by atomic mass is 127. The topological polar surface area (TPSA) is 45.5 Å². The number of nitrogens with one attached hydrogen (secondary N) is 1. The Morgan fingerprint density at radius 2 is 2.20 bits per heavy atom. The molecule has 0 bridgehead atoms. The Balaban J connectivity index is 0.00000225. The second-order valence-corrected chi connectivity index (χ2v) is 7.09. The first-order chi connectivity index (χ1) is 11.8. The molecule has 0 spiro atoms. The quantitative estimate of drug-likeness (QED) is 0.304. The molecule has 1 fully saturated rings. The average molecular weight is 471 g/mol. The van der Waals surface area contributed by atoms with Crippen molar-refractivity contribution in [1.29, 1.82) is 0 Å². The molecular weight excluding hydrogens is 445 g/mol. The molecule has 1 aromatic heterocycles. The van der Waals surface area contributed by atoms with Crippen molar-refractivity contribution in [1.82, 2.24) is 19.8 Å². The van der Waals surface area contributed by atoms with Crippen LogP contribution in [0.4, 0.5) is 0 Å². The Bertz CT molecular complexity index is 632. The molecule has 7 heteroatoms. The van der Waals surface area contributed by atoms with Crippen molar-refractivity contribution in [2.45, 2.75) is 17.9 Å². The third kappa shape index (κ3) is 6.22. The van der Waals surface area contributed by atoms with Gasteiger partial charge in [0.1, 0.15) is 0 Å². The monoisotopic (exact) mass is 471 g/mol. The summed E-state index contributed by atoms with van der Waals surface area (Å²) in [5.41, 5.74) is 0. The van der Waals surface area contributed by atoms with Crippen molar-refractivity contribution in [2.75, 3.05) is 32.4 Å². The summed E-state index contributed by atoms with van der Waals surface area (Å²) in [6.07, 6.45) is 6.88. The number of aromatic nitrogens is 2. The van der Waals surface area contributed by atoms with Crippen molar-refractivity contribution >= 4 is 41.7 Å². The Labute approximate surface area is 171 Å². The molecule has 2 aromatic rings. The number of rotatable bonds is 6. The molecule has 1 atom stereocenters. The van der Waals surface area contributed by atoms with Crippen LogP contribution in [0.1, 0.15) is 6.42 Å². The summed E-state index contributed by atoms with van der Waals surface area (Å²) in [5.74, 6) is 2.91. The van der Waals surface area contributed by atoms with Crippen LogP contribution in [0.5, 0.6) is 0 Å². The van der Waals surface area contributed by atoms with Gasteiger partial charge in [0.05, 0.1) is 6.33 Å². The van der Waals surface area contributed by atoms with Crippen LogP contribution in [0.15, 0.2) is 58.9 Å². The molecule has 1 unspecified atom stereocenters. The molecule has 2 heterocycles. The molecule has 3 rings (SSSR count). The predicted octanol–water partition coefficient (Wildman–Crippen LogP) is 3.19. The van der Waals surface area contributed by atoms with Crippen molar-refractivity contribution in [3.05, 3.63) is 49.1 Å². The lowest BCUT2D eigenvalue weighted by Crippen LogP contribution is -2.41. The summed E-state index contributed by atoms with van der Waals surface area (Å²) in [7, 11) is 1.87. The zero-order chi connectivity index (χ0) is 16.6. The van der Waals surface area contributed by atoms with Gasteiger partial charge >= 0.3 is 0 Å². The number of hydrogen-bond donors (Lipinski definition) is 1. The van der Waals surface area contributed by atoms with Crippen LogP contribution in [0.2, 0.25) is 0 Å². The van der Waals surface area contributed by atoms with Gasteiger partial charge in [-0.25, -0.2) is 4.98 Å². The van der Waals surface area contributed by atoms with Gasteiger partial charge in [-0.05, 0) is 24.5 Å². The van der Waals surface area contributed by atoms with E-state index in [1.54, 1.807) is 0 Å². The molecule has 1 saturated heterocycles. The first kappa shape index (κ1) is 20.1. The highest BCUT2D eigenvalue weighted by Crippen LogP contribution is 2.25. The minimum Gasteiger partial charge on any atom is -0.354 e. The van der Waals surface area contributed by atoms with Crippen LogP contribution >= 0.6 is 35.7 Å². The Morgan fingerprint density at radius 3 is 2.92 bits per heavy atom. The van der Waals surface area contributed by atoms with E-state index in [0.29, 0.717) is 0 Å². The molecule has 1 N–H and O–H groups in total. The normalized spacial score (nSPS) is 17.4. The molecule has 0 amide bonds. The van der Waals surface area contributed by atoms with Crippen LogP contribution in [0.25, 0.3) is 0 Å². The van der Waals surface area contributed by atoms with E-state index in [9.17, 15) is 0 Å². The van der Waals surface area contributed by atoms with E-state index in [0.717, 1.165) is 38.1 Å². The summed E-state index contributed by atoms with van der Waals surface area (Å²) in [6.45, 7) is 3.94. The first-order valence-corrected chi connectivity index (χ1v) is 9.43. The van der Waals surface area contributed by atoms with Crippen molar-refractivity contribution in [3.63, 3.8) is 0 Å². The fourth-order valence-electron chi connectivity index (χ4n) is 2.94. The molecule has 1 aliphatic heterocycles. The maximum atomic E-state index is 4.44. The lowest BCUT2D eigenvalue weighted by molar-refractivity contribution is 0.471. The fraction of sp³-hybridized carbons (Fsp3) is 0.444. The summed E-state index contributed by atoms with van der Waals surface area (Å²) in [4.78, 5) is 12.2. The van der Waals surface area contributed by atoms with Gasteiger partial charge in [0, 0.05) is 56.3 Å². The number of aliphatic imine (C=N–C) groups is 1. The first-order valence-electron chi connectivity index (χ1n) is 8.44. The molecule has 1 aromatic carbocycles. The fourth-order valence-corrected chi connectivity index (χ4v) is 3.99. The average Bonchev–Trinajstić information content (AvgIpc) is 3.30. The third-order valence-electron chi connectivity index (χ3n) is 4.24. The Kier molecular flexibility index (Phi) is 8.60. The second kappa shape index (κ2) is 10.7. The van der Waals surface area contributed by atoms with Gasteiger partial charge in [-0.1, -0.05) is 18.2 Å². The summed E-state index contributed by atoms with van der Waals surface area (Å²) >= 11 is 1.96. The molecule has 25 heavy (non-hydrogen) atoms. The number of likely N-dealkylation sites (tertiary alicyclic amines) is 1. The van der Waals surface area contributed by atoms with E-state index in [1.807, 2.05) is 37.5 Å². The van der Waals surface area contributed by atoms with Gasteiger partial charge in [0.2, 0.25) is 0 Å². The number of thioether (sulfide) groups is 1. The van der Waals surface area contributed by atoms with E-state index >= 15 is 0 Å². The molecule has 136 valence electrons. The Hall–Kier alpha value is -1.22. The van der Waals surface area contributed by atoms with Gasteiger partial charge in [0.15, 0.2) is 5.96 Å². The molecule has 0 aliphatic carbocycles. The molecule has 0 radical (unpaired) electrons. The van der Waals surface area contributed by atoms with Gasteiger partial charge in [-0.2, -0.15) is 0 Å². The summed E-state index contributed by atoms with van der Waals surface area (Å²) in [6, 6.07) is 10.7. The van der Waals surface area contributed by atoms with E-state index in [2.05, 4.69) is 55.1 Å². The zero-order valence-electron chi connectivity index (χ0n) is 14.5. The van der Waals surface area contributed by atoms with Crippen molar-refractivity contribution < 1.29 is 0 Å². The lowest BCUT2D eigenvalue weighted by atomic mass is 10.2. The minimum atomic E-state index is 0. The van der Waals surface area contributed by atoms with Gasteiger partial charge < -0.3 is 14.8 Å². The number of halogens is 1. The van der Waals surface area contributed by atoms with E-state index < -0.39 is 0 Å². The van der Waals surface area contributed by atoms with Crippen LogP contribution < -0.4 is 5.32 Å². The minimum absolute atomic E-state index is 0.